The van der Waals surface area contributed by atoms with Crippen molar-refractivity contribution in [3.8, 4) is 0 Å². The number of nitrogens with zero attached hydrogens (tertiary/aromatic N) is 4. The molecule has 0 aliphatic carbocycles. The van der Waals surface area contributed by atoms with Crippen molar-refractivity contribution in [2.75, 3.05) is 5.32 Å². The molecule has 2 rings (SSSR count). The number of hydrogen-bond acceptors (Lipinski definition) is 7. The van der Waals surface area contributed by atoms with Crippen LogP contribution in [0.2, 0.25) is 0 Å². The van der Waals surface area contributed by atoms with E-state index in [0.29, 0.717) is 12.3 Å². The van der Waals surface area contributed by atoms with Gasteiger partial charge in [0.2, 0.25) is 5.89 Å². The Morgan fingerprint density at radius 1 is 1.48 bits per heavy atom. The maximum Gasteiger partial charge on any atom is 0.433 e. The highest BCUT2D eigenvalue weighted by atomic mass is 19.4. The Morgan fingerprint density at radius 3 is 2.71 bits per heavy atom. The number of hydrogen-bond donors (Lipinski definition) is 1. The summed E-state index contributed by atoms with van der Waals surface area (Å²) in [6, 6.07) is 0.561. The van der Waals surface area contributed by atoms with Gasteiger partial charge in [0.1, 0.15) is 17.6 Å². The monoisotopic (exact) mass is 303 g/mol. The van der Waals surface area contributed by atoms with Gasteiger partial charge in [-0.05, 0) is 6.07 Å². The molecule has 112 valence electrons. The van der Waals surface area contributed by atoms with Crippen LogP contribution in [0.4, 0.5) is 24.5 Å². The van der Waals surface area contributed by atoms with E-state index >= 15 is 0 Å². The van der Waals surface area contributed by atoms with E-state index in [0.717, 1.165) is 0 Å². The first kappa shape index (κ1) is 14.7. The molecule has 0 aliphatic rings. The van der Waals surface area contributed by atoms with Crippen molar-refractivity contribution in [2.45, 2.75) is 19.6 Å². The van der Waals surface area contributed by atoms with Gasteiger partial charge in [0.05, 0.1) is 11.5 Å². The number of aromatic nitrogens is 3. The van der Waals surface area contributed by atoms with Crippen LogP contribution in [-0.4, -0.2) is 20.0 Å². The molecule has 0 saturated heterocycles. The maximum absolute atomic E-state index is 12.6. The Hall–Kier alpha value is -2.72. The number of alkyl halides is 3. The predicted molar refractivity (Wildman–Crippen MR) is 62.3 cm³/mol. The van der Waals surface area contributed by atoms with Crippen LogP contribution in [0.1, 0.15) is 17.4 Å². The quantitative estimate of drug-likeness (QED) is 0.682. The summed E-state index contributed by atoms with van der Waals surface area (Å²) >= 11 is 0. The van der Waals surface area contributed by atoms with Crippen LogP contribution in [0.5, 0.6) is 0 Å². The lowest BCUT2D eigenvalue weighted by Crippen LogP contribution is -2.11. The Labute approximate surface area is 115 Å². The van der Waals surface area contributed by atoms with Gasteiger partial charge >= 0.3 is 11.9 Å². The van der Waals surface area contributed by atoms with Crippen molar-refractivity contribution >= 4 is 11.4 Å². The van der Waals surface area contributed by atoms with Gasteiger partial charge in [-0.2, -0.15) is 18.2 Å². The van der Waals surface area contributed by atoms with Crippen LogP contribution in [0.15, 0.2) is 16.8 Å². The molecule has 0 aliphatic heterocycles. The fourth-order valence-corrected chi connectivity index (χ4v) is 1.48. The fraction of sp³-hybridized carbons (Fsp3) is 0.300. The predicted octanol–water partition coefficient (Wildman–Crippen LogP) is 2.31. The summed E-state index contributed by atoms with van der Waals surface area (Å²) in [5.74, 6) is 0.430. The molecule has 0 amide bonds. The second-order valence-corrected chi connectivity index (χ2v) is 3.92. The first-order valence-electron chi connectivity index (χ1n) is 5.52. The number of nitro groups is 1. The molecular weight excluding hydrogens is 295 g/mol. The molecule has 0 radical (unpaired) electrons. The molecule has 0 aromatic carbocycles. The van der Waals surface area contributed by atoms with Crippen molar-refractivity contribution in [3.63, 3.8) is 0 Å². The van der Waals surface area contributed by atoms with E-state index in [1.54, 1.807) is 0 Å². The van der Waals surface area contributed by atoms with E-state index in [-0.39, 0.29) is 23.9 Å². The smallest absolute Gasteiger partial charge is 0.372 e. The van der Waals surface area contributed by atoms with Crippen LogP contribution in [0.25, 0.3) is 0 Å². The summed E-state index contributed by atoms with van der Waals surface area (Å²) in [6.45, 7) is 1.41. The highest BCUT2D eigenvalue weighted by molar-refractivity contribution is 5.61. The zero-order valence-electron chi connectivity index (χ0n) is 10.5. The van der Waals surface area contributed by atoms with Crippen LogP contribution in [-0.2, 0) is 12.7 Å². The van der Waals surface area contributed by atoms with Crippen molar-refractivity contribution in [1.82, 2.24) is 15.1 Å². The van der Waals surface area contributed by atoms with Gasteiger partial charge in [-0.1, -0.05) is 5.16 Å². The summed E-state index contributed by atoms with van der Waals surface area (Å²) in [5, 5.41) is 16.8. The lowest BCUT2D eigenvalue weighted by atomic mass is 10.2. The Balaban J connectivity index is 2.28. The number of rotatable bonds is 4. The summed E-state index contributed by atoms with van der Waals surface area (Å²) in [4.78, 5) is 16.8. The van der Waals surface area contributed by atoms with Gasteiger partial charge < -0.3 is 9.84 Å². The molecule has 8 nitrogen and oxygen atoms in total. The summed E-state index contributed by atoms with van der Waals surface area (Å²) < 4.78 is 42.4. The Kier molecular flexibility index (Phi) is 3.74. The van der Waals surface area contributed by atoms with Crippen molar-refractivity contribution in [2.24, 2.45) is 0 Å². The van der Waals surface area contributed by atoms with Crippen molar-refractivity contribution in [3.05, 3.63) is 39.8 Å². The highest BCUT2D eigenvalue weighted by Gasteiger charge is 2.34. The van der Waals surface area contributed by atoms with Gasteiger partial charge in [-0.25, -0.2) is 4.98 Å². The van der Waals surface area contributed by atoms with Gasteiger partial charge in [-0.15, -0.1) is 0 Å². The van der Waals surface area contributed by atoms with E-state index in [4.69, 9.17) is 0 Å². The van der Waals surface area contributed by atoms with Crippen LogP contribution >= 0.6 is 0 Å². The summed E-state index contributed by atoms with van der Waals surface area (Å²) in [7, 11) is 0. The SMILES string of the molecule is Cc1nc(CNc2cc(C(F)(F)F)ncc2[N+](=O)[O-])no1. The molecule has 2 heterocycles. The van der Waals surface area contributed by atoms with Crippen LogP contribution < -0.4 is 5.32 Å². The standard InChI is InChI=1S/C10H8F3N5O3/c1-5-16-9(17-21-5)4-14-6-2-8(10(11,12)13)15-3-7(6)18(19)20/h2-3H,4H2,1H3,(H,14,15). The van der Waals surface area contributed by atoms with Crippen LogP contribution in [0.3, 0.4) is 0 Å². The minimum atomic E-state index is -4.70. The van der Waals surface area contributed by atoms with E-state index in [2.05, 4.69) is 25.0 Å². The van der Waals surface area contributed by atoms with Gasteiger partial charge in [-0.3, -0.25) is 10.1 Å². The van der Waals surface area contributed by atoms with E-state index in [1.807, 2.05) is 0 Å². The molecule has 0 atom stereocenters. The fourth-order valence-electron chi connectivity index (χ4n) is 1.48. The molecule has 1 N–H and O–H groups in total. The highest BCUT2D eigenvalue weighted by Crippen LogP contribution is 2.32. The number of halogens is 3. The largest absolute Gasteiger partial charge is 0.433 e. The molecule has 0 saturated carbocycles. The van der Waals surface area contributed by atoms with E-state index < -0.39 is 22.5 Å². The molecule has 21 heavy (non-hydrogen) atoms. The molecule has 11 heteroatoms. The first-order chi connectivity index (χ1) is 9.77. The third-order valence-electron chi connectivity index (χ3n) is 2.38. The minimum absolute atomic E-state index is 0.126. The topological polar surface area (TPSA) is 107 Å². The van der Waals surface area contributed by atoms with Crippen molar-refractivity contribution in [1.29, 1.82) is 0 Å². The van der Waals surface area contributed by atoms with Gasteiger partial charge in [0, 0.05) is 6.92 Å². The lowest BCUT2D eigenvalue weighted by molar-refractivity contribution is -0.384. The number of pyridine rings is 1. The maximum atomic E-state index is 12.6. The molecule has 0 fully saturated rings. The molecule has 0 spiro atoms. The number of aryl methyl sites for hydroxylation is 1. The van der Waals surface area contributed by atoms with E-state index in [9.17, 15) is 23.3 Å². The Bertz CT molecular complexity index is 670. The number of nitrogens with one attached hydrogen (secondary N) is 1. The molecule has 0 bridgehead atoms. The second kappa shape index (κ2) is 5.34. The average Bonchev–Trinajstić information content (AvgIpc) is 2.80. The zero-order valence-corrected chi connectivity index (χ0v) is 10.5. The molecule has 0 unspecified atom stereocenters. The van der Waals surface area contributed by atoms with Gasteiger partial charge in [0.25, 0.3) is 0 Å². The third-order valence-corrected chi connectivity index (χ3v) is 2.38. The second-order valence-electron chi connectivity index (χ2n) is 3.92. The Morgan fingerprint density at radius 2 is 2.19 bits per heavy atom. The summed E-state index contributed by atoms with van der Waals surface area (Å²) in [6.07, 6.45) is -4.15. The normalized spacial score (nSPS) is 11.4. The molecular formula is C10H8F3N5O3. The summed E-state index contributed by atoms with van der Waals surface area (Å²) in [5.41, 5.74) is -2.15. The first-order valence-corrected chi connectivity index (χ1v) is 5.52. The van der Waals surface area contributed by atoms with Gasteiger partial charge in [0.15, 0.2) is 5.82 Å². The zero-order chi connectivity index (χ0) is 15.6. The van der Waals surface area contributed by atoms with Crippen LogP contribution in [0, 0.1) is 17.0 Å². The average molecular weight is 303 g/mol. The number of anilines is 1. The third kappa shape index (κ3) is 3.43. The van der Waals surface area contributed by atoms with E-state index in [1.165, 1.54) is 6.92 Å². The minimum Gasteiger partial charge on any atom is -0.372 e. The van der Waals surface area contributed by atoms with Crippen molar-refractivity contribution < 1.29 is 22.6 Å². The molecule has 2 aromatic rings. The lowest BCUT2D eigenvalue weighted by Gasteiger charge is -2.09. The molecule has 2 aromatic heterocycles.